The van der Waals surface area contributed by atoms with Crippen LogP contribution in [0.2, 0.25) is 0 Å². The van der Waals surface area contributed by atoms with Gasteiger partial charge in [-0.1, -0.05) is 48.5 Å². The van der Waals surface area contributed by atoms with Crippen molar-refractivity contribution in [3.8, 4) is 0 Å². The van der Waals surface area contributed by atoms with Crippen molar-refractivity contribution in [3.63, 3.8) is 0 Å². The van der Waals surface area contributed by atoms with Gasteiger partial charge in [-0.15, -0.1) is 0 Å². The van der Waals surface area contributed by atoms with E-state index in [2.05, 4.69) is 33.1 Å². The summed E-state index contributed by atoms with van der Waals surface area (Å²) in [5.41, 5.74) is 2.83. The number of amides is 1. The highest BCUT2D eigenvalue weighted by molar-refractivity contribution is 5.94. The van der Waals surface area contributed by atoms with Crippen molar-refractivity contribution < 1.29 is 4.79 Å². The minimum Gasteiger partial charge on any atom is -0.377 e. The number of benzene rings is 2. The Balaban J connectivity index is 1.52. The van der Waals surface area contributed by atoms with Gasteiger partial charge in [-0.05, 0) is 36.2 Å². The molecule has 5 heteroatoms. The minimum atomic E-state index is -0.0581. The largest absolute Gasteiger partial charge is 0.377 e. The maximum absolute atomic E-state index is 12.4. The summed E-state index contributed by atoms with van der Waals surface area (Å²) < 4.78 is 0. The van der Waals surface area contributed by atoms with Gasteiger partial charge in [-0.25, -0.2) is 4.98 Å². The molecule has 1 amide bonds. The van der Waals surface area contributed by atoms with Crippen LogP contribution in [0.5, 0.6) is 0 Å². The molecule has 1 aliphatic heterocycles. The third kappa shape index (κ3) is 4.08. The van der Waals surface area contributed by atoms with Crippen molar-refractivity contribution in [2.75, 3.05) is 17.2 Å². The van der Waals surface area contributed by atoms with E-state index in [9.17, 15) is 4.79 Å². The second-order valence-electron chi connectivity index (χ2n) is 6.66. The van der Waals surface area contributed by atoms with E-state index < -0.39 is 0 Å². The molecule has 2 atom stereocenters. The molecular weight excluding hydrogens is 336 g/mol. The summed E-state index contributed by atoms with van der Waals surface area (Å²) in [4.78, 5) is 16.9. The topological polar surface area (TPSA) is 66.0 Å². The molecule has 0 bridgehead atoms. The van der Waals surface area contributed by atoms with Crippen LogP contribution < -0.4 is 16.0 Å². The molecular formula is C22H22N4O. The molecule has 136 valence electrons. The second-order valence-corrected chi connectivity index (χ2v) is 6.66. The third-order valence-corrected chi connectivity index (χ3v) is 4.75. The Kier molecular flexibility index (Phi) is 5.01. The van der Waals surface area contributed by atoms with E-state index in [1.807, 2.05) is 60.7 Å². The highest BCUT2D eigenvalue weighted by Crippen LogP contribution is 2.31. The van der Waals surface area contributed by atoms with E-state index in [1.165, 1.54) is 5.56 Å². The van der Waals surface area contributed by atoms with Gasteiger partial charge < -0.3 is 16.0 Å². The number of hydrogen-bond acceptors (Lipinski definition) is 4. The van der Waals surface area contributed by atoms with Gasteiger partial charge in [0.25, 0.3) is 5.91 Å². The number of pyridine rings is 1. The molecule has 1 aliphatic rings. The van der Waals surface area contributed by atoms with Gasteiger partial charge in [-0.3, -0.25) is 4.79 Å². The van der Waals surface area contributed by atoms with E-state index in [-0.39, 0.29) is 18.0 Å². The molecule has 5 nitrogen and oxygen atoms in total. The average molecular weight is 358 g/mol. The molecule has 0 radical (unpaired) electrons. The lowest BCUT2D eigenvalue weighted by molar-refractivity contribution is 0.0951. The molecule has 3 N–H and O–H groups in total. The predicted octanol–water partition coefficient (Wildman–Crippen LogP) is 3.85. The van der Waals surface area contributed by atoms with Gasteiger partial charge in [-0.2, -0.15) is 0 Å². The number of nitrogens with one attached hydrogen (secondary N) is 3. The Morgan fingerprint density at radius 3 is 2.48 bits per heavy atom. The zero-order chi connectivity index (χ0) is 18.5. The van der Waals surface area contributed by atoms with Crippen LogP contribution in [0.3, 0.4) is 0 Å². The van der Waals surface area contributed by atoms with Crippen LogP contribution in [0.25, 0.3) is 0 Å². The number of fused-ring (bicyclic) bond motifs is 1. The molecule has 0 fully saturated rings. The Labute approximate surface area is 158 Å². The normalized spacial score (nSPS) is 18.4. The molecule has 0 saturated heterocycles. The standard InChI is InChI=1S/C22H22N4O/c27-22(17-10-5-2-6-11-17)24-15-18-14-20(16-8-3-1-4-9-16)26-21-19(25-18)12-7-13-23-21/h1-13,18,20,25H,14-15H2,(H,23,26)(H,24,27). The maximum Gasteiger partial charge on any atom is 0.251 e. The van der Waals surface area contributed by atoms with E-state index >= 15 is 0 Å². The third-order valence-electron chi connectivity index (χ3n) is 4.75. The molecule has 2 aromatic carbocycles. The number of aromatic nitrogens is 1. The molecule has 0 aliphatic carbocycles. The Hall–Kier alpha value is -3.34. The fraction of sp³-hybridized carbons (Fsp3) is 0.182. The fourth-order valence-electron chi connectivity index (χ4n) is 3.37. The highest BCUT2D eigenvalue weighted by atomic mass is 16.1. The van der Waals surface area contributed by atoms with Crippen LogP contribution >= 0.6 is 0 Å². The van der Waals surface area contributed by atoms with Gasteiger partial charge >= 0.3 is 0 Å². The smallest absolute Gasteiger partial charge is 0.251 e. The number of nitrogens with zero attached hydrogens (tertiary/aromatic N) is 1. The molecule has 3 aromatic rings. The monoisotopic (exact) mass is 358 g/mol. The molecule has 2 heterocycles. The van der Waals surface area contributed by atoms with Gasteiger partial charge in [0.15, 0.2) is 0 Å². The number of carbonyl (C=O) groups excluding carboxylic acids is 1. The van der Waals surface area contributed by atoms with Crippen LogP contribution in [-0.4, -0.2) is 23.5 Å². The Morgan fingerprint density at radius 2 is 1.70 bits per heavy atom. The first kappa shape index (κ1) is 17.1. The van der Waals surface area contributed by atoms with E-state index in [0.29, 0.717) is 12.1 Å². The molecule has 2 unspecified atom stereocenters. The van der Waals surface area contributed by atoms with Gasteiger partial charge in [0.05, 0.1) is 11.7 Å². The molecule has 4 rings (SSSR count). The number of rotatable bonds is 4. The summed E-state index contributed by atoms with van der Waals surface area (Å²) in [6.07, 6.45) is 2.61. The molecule has 1 aromatic heterocycles. The number of hydrogen-bond donors (Lipinski definition) is 3. The summed E-state index contributed by atoms with van der Waals surface area (Å²) in [5.74, 6) is 0.778. The first-order valence-electron chi connectivity index (χ1n) is 9.16. The van der Waals surface area contributed by atoms with E-state index in [4.69, 9.17) is 0 Å². The van der Waals surface area contributed by atoms with E-state index in [1.54, 1.807) is 6.20 Å². The minimum absolute atomic E-state index is 0.0581. The Morgan fingerprint density at radius 1 is 0.963 bits per heavy atom. The van der Waals surface area contributed by atoms with Crippen molar-refractivity contribution in [1.82, 2.24) is 10.3 Å². The van der Waals surface area contributed by atoms with Gasteiger partial charge in [0, 0.05) is 24.3 Å². The van der Waals surface area contributed by atoms with Crippen molar-refractivity contribution in [1.29, 1.82) is 0 Å². The predicted molar refractivity (Wildman–Crippen MR) is 108 cm³/mol. The molecule has 0 saturated carbocycles. The maximum atomic E-state index is 12.4. The SMILES string of the molecule is O=C(NCC1CC(c2ccccc2)Nc2ncccc2N1)c1ccccc1. The van der Waals surface area contributed by atoms with E-state index in [0.717, 1.165) is 17.9 Å². The van der Waals surface area contributed by atoms with Crippen molar-refractivity contribution >= 4 is 17.4 Å². The van der Waals surface area contributed by atoms with Crippen LogP contribution in [0.4, 0.5) is 11.5 Å². The summed E-state index contributed by atoms with van der Waals surface area (Å²) in [6.45, 7) is 0.535. The van der Waals surface area contributed by atoms with Crippen LogP contribution in [0.1, 0.15) is 28.4 Å². The van der Waals surface area contributed by atoms with Crippen LogP contribution in [0, 0.1) is 0 Å². The summed E-state index contributed by atoms with van der Waals surface area (Å²) in [7, 11) is 0. The Bertz CT molecular complexity index is 898. The lowest BCUT2D eigenvalue weighted by Crippen LogP contribution is -2.37. The lowest BCUT2D eigenvalue weighted by atomic mass is 9.99. The summed E-state index contributed by atoms with van der Waals surface area (Å²) >= 11 is 0. The number of carbonyl (C=O) groups is 1. The first-order valence-corrected chi connectivity index (χ1v) is 9.16. The zero-order valence-electron chi connectivity index (χ0n) is 14.9. The molecule has 0 spiro atoms. The van der Waals surface area contributed by atoms with Crippen LogP contribution in [0.15, 0.2) is 79.0 Å². The lowest BCUT2D eigenvalue weighted by Gasteiger charge is -2.22. The second kappa shape index (κ2) is 7.91. The summed E-state index contributed by atoms with van der Waals surface area (Å²) in [6, 6.07) is 23.8. The van der Waals surface area contributed by atoms with Gasteiger partial charge in [0.2, 0.25) is 0 Å². The van der Waals surface area contributed by atoms with Gasteiger partial charge in [0.1, 0.15) is 5.82 Å². The fourth-order valence-corrected chi connectivity index (χ4v) is 3.37. The zero-order valence-corrected chi connectivity index (χ0v) is 14.9. The quantitative estimate of drug-likeness (QED) is 0.663. The van der Waals surface area contributed by atoms with Crippen molar-refractivity contribution in [2.45, 2.75) is 18.5 Å². The highest BCUT2D eigenvalue weighted by Gasteiger charge is 2.24. The average Bonchev–Trinajstić information content (AvgIpc) is 2.92. The number of anilines is 2. The van der Waals surface area contributed by atoms with Crippen LogP contribution in [-0.2, 0) is 0 Å². The summed E-state index contributed by atoms with van der Waals surface area (Å²) in [5, 5.41) is 10.1. The first-order chi connectivity index (χ1) is 13.3. The van der Waals surface area contributed by atoms with Crippen molar-refractivity contribution in [3.05, 3.63) is 90.1 Å². The van der Waals surface area contributed by atoms with Crippen molar-refractivity contribution in [2.24, 2.45) is 0 Å². The molecule has 27 heavy (non-hydrogen) atoms.